The van der Waals surface area contributed by atoms with Gasteiger partial charge in [0.15, 0.2) is 0 Å². The Morgan fingerprint density at radius 3 is 2.90 bits per heavy atom. The van der Waals surface area contributed by atoms with Gasteiger partial charge in [0.05, 0.1) is 12.7 Å². The Morgan fingerprint density at radius 2 is 2.25 bits per heavy atom. The molecule has 1 fully saturated rings. The molecule has 110 valence electrons. The molecule has 0 bridgehead atoms. The van der Waals surface area contributed by atoms with Crippen LogP contribution in [0.3, 0.4) is 0 Å². The number of methoxy groups -OCH3 is 1. The van der Waals surface area contributed by atoms with Crippen molar-refractivity contribution < 1.29 is 9.53 Å². The zero-order valence-corrected chi connectivity index (χ0v) is 12.4. The van der Waals surface area contributed by atoms with Gasteiger partial charge in [0.25, 0.3) is 5.91 Å². The fraction of sp³-hybridized carbons (Fsp3) is 0.562. The van der Waals surface area contributed by atoms with Crippen LogP contribution in [0.4, 0.5) is 0 Å². The molecule has 1 atom stereocenters. The second-order valence-electron chi connectivity index (χ2n) is 5.24. The number of ether oxygens (including phenoxy) is 1. The first-order chi connectivity index (χ1) is 9.76. The normalized spacial score (nSPS) is 18.0. The highest BCUT2D eigenvalue weighted by atomic mass is 16.5. The van der Waals surface area contributed by atoms with Gasteiger partial charge in [0, 0.05) is 19.1 Å². The predicted octanol–water partition coefficient (Wildman–Crippen LogP) is 2.30. The van der Waals surface area contributed by atoms with Crippen LogP contribution in [0.5, 0.6) is 5.75 Å². The van der Waals surface area contributed by atoms with Crippen LogP contribution in [0.2, 0.25) is 0 Å². The van der Waals surface area contributed by atoms with E-state index in [9.17, 15) is 4.79 Å². The van der Waals surface area contributed by atoms with Gasteiger partial charge in [0.2, 0.25) is 0 Å². The molecular weight excluding hydrogens is 252 g/mol. The molecule has 1 amide bonds. The zero-order valence-electron chi connectivity index (χ0n) is 12.4. The smallest absolute Gasteiger partial charge is 0.257 e. The Bertz CT molecular complexity index is 442. The summed E-state index contributed by atoms with van der Waals surface area (Å²) in [6, 6.07) is 7.88. The minimum Gasteiger partial charge on any atom is -0.496 e. The van der Waals surface area contributed by atoms with Crippen LogP contribution in [0, 0.1) is 0 Å². The lowest BCUT2D eigenvalue weighted by molar-refractivity contribution is 0.0738. The van der Waals surface area contributed by atoms with Crippen molar-refractivity contribution in [3.8, 4) is 5.75 Å². The van der Waals surface area contributed by atoms with E-state index in [0.29, 0.717) is 17.4 Å². The van der Waals surface area contributed by atoms with Crippen molar-refractivity contribution in [2.45, 2.75) is 32.2 Å². The lowest BCUT2D eigenvalue weighted by Crippen LogP contribution is -2.41. The van der Waals surface area contributed by atoms with E-state index in [-0.39, 0.29) is 5.91 Å². The van der Waals surface area contributed by atoms with Gasteiger partial charge < -0.3 is 15.0 Å². The van der Waals surface area contributed by atoms with E-state index in [1.165, 1.54) is 6.42 Å². The van der Waals surface area contributed by atoms with Crippen molar-refractivity contribution in [3.63, 3.8) is 0 Å². The molecule has 20 heavy (non-hydrogen) atoms. The minimum absolute atomic E-state index is 0.0676. The summed E-state index contributed by atoms with van der Waals surface area (Å²) in [5, 5.41) is 3.46. The van der Waals surface area contributed by atoms with Gasteiger partial charge in [-0.15, -0.1) is 0 Å². The van der Waals surface area contributed by atoms with Gasteiger partial charge in [-0.1, -0.05) is 19.1 Å². The first-order valence-corrected chi connectivity index (χ1v) is 7.42. The summed E-state index contributed by atoms with van der Waals surface area (Å²) in [5.74, 6) is 0.719. The summed E-state index contributed by atoms with van der Waals surface area (Å²) < 4.78 is 5.30. The molecule has 4 nitrogen and oxygen atoms in total. The molecule has 1 heterocycles. The molecule has 0 spiro atoms. The molecule has 0 aromatic heterocycles. The van der Waals surface area contributed by atoms with E-state index in [1.54, 1.807) is 7.11 Å². The van der Waals surface area contributed by atoms with E-state index < -0.39 is 0 Å². The maximum Gasteiger partial charge on any atom is 0.257 e. The zero-order chi connectivity index (χ0) is 14.4. The first-order valence-electron chi connectivity index (χ1n) is 7.42. The maximum atomic E-state index is 12.7. The maximum absolute atomic E-state index is 12.7. The van der Waals surface area contributed by atoms with Crippen molar-refractivity contribution in [3.05, 3.63) is 29.8 Å². The monoisotopic (exact) mass is 276 g/mol. The number of hydrogen-bond donors (Lipinski definition) is 1. The number of carbonyl (C=O) groups excluding carboxylic acids is 1. The van der Waals surface area contributed by atoms with Crippen LogP contribution < -0.4 is 10.1 Å². The number of amides is 1. The lowest BCUT2D eigenvalue weighted by atomic mass is 10.1. The minimum atomic E-state index is 0.0676. The highest BCUT2D eigenvalue weighted by molar-refractivity contribution is 5.97. The Morgan fingerprint density at radius 1 is 1.45 bits per heavy atom. The molecule has 2 rings (SSSR count). The second-order valence-corrected chi connectivity index (χ2v) is 5.24. The average molecular weight is 276 g/mol. The van der Waals surface area contributed by atoms with Gasteiger partial charge in [-0.2, -0.15) is 0 Å². The van der Waals surface area contributed by atoms with Gasteiger partial charge in [-0.25, -0.2) is 0 Å². The summed E-state index contributed by atoms with van der Waals surface area (Å²) in [4.78, 5) is 14.7. The third kappa shape index (κ3) is 3.51. The number of para-hydroxylation sites is 1. The quantitative estimate of drug-likeness (QED) is 0.867. The number of benzene rings is 1. The highest BCUT2D eigenvalue weighted by Gasteiger charge is 2.23. The molecule has 0 aliphatic carbocycles. The van der Waals surface area contributed by atoms with Crippen LogP contribution in [0.25, 0.3) is 0 Å². The molecule has 1 aromatic rings. The van der Waals surface area contributed by atoms with Crippen molar-refractivity contribution in [2.24, 2.45) is 0 Å². The molecular formula is C16H24N2O2. The van der Waals surface area contributed by atoms with Crippen molar-refractivity contribution in [2.75, 3.05) is 26.7 Å². The molecule has 1 N–H and O–H groups in total. The summed E-state index contributed by atoms with van der Waals surface area (Å²) in [7, 11) is 1.61. The summed E-state index contributed by atoms with van der Waals surface area (Å²) in [5.41, 5.74) is 0.654. The SMILES string of the molecule is CCCN(CC1CCCN1)C(=O)c1ccccc1OC. The van der Waals surface area contributed by atoms with E-state index in [1.807, 2.05) is 29.2 Å². The average Bonchev–Trinajstić information content (AvgIpc) is 2.99. The van der Waals surface area contributed by atoms with Crippen molar-refractivity contribution in [1.29, 1.82) is 0 Å². The topological polar surface area (TPSA) is 41.6 Å². The number of hydrogen-bond acceptors (Lipinski definition) is 3. The third-order valence-corrected chi connectivity index (χ3v) is 3.72. The van der Waals surface area contributed by atoms with Gasteiger partial charge in [-0.05, 0) is 37.9 Å². The Kier molecular flexibility index (Phi) is 5.41. The summed E-state index contributed by atoms with van der Waals surface area (Å²) in [6.07, 6.45) is 3.32. The fourth-order valence-corrected chi connectivity index (χ4v) is 2.72. The fourth-order valence-electron chi connectivity index (χ4n) is 2.72. The van der Waals surface area contributed by atoms with Crippen LogP contribution in [0.15, 0.2) is 24.3 Å². The van der Waals surface area contributed by atoms with Crippen LogP contribution >= 0.6 is 0 Å². The molecule has 1 unspecified atom stereocenters. The number of nitrogens with one attached hydrogen (secondary N) is 1. The summed E-state index contributed by atoms with van der Waals surface area (Å²) in [6.45, 7) is 4.73. The molecule has 0 saturated carbocycles. The van der Waals surface area contributed by atoms with Crippen molar-refractivity contribution >= 4 is 5.91 Å². The van der Waals surface area contributed by atoms with Crippen LogP contribution in [0.1, 0.15) is 36.5 Å². The molecule has 1 aromatic carbocycles. The van der Waals surface area contributed by atoms with Crippen LogP contribution in [-0.2, 0) is 0 Å². The first kappa shape index (κ1) is 14.9. The largest absolute Gasteiger partial charge is 0.496 e. The number of carbonyl (C=O) groups is 1. The van der Waals surface area contributed by atoms with Gasteiger partial charge >= 0.3 is 0 Å². The molecule has 4 heteroatoms. The van der Waals surface area contributed by atoms with E-state index in [4.69, 9.17) is 4.74 Å². The standard InChI is InChI=1S/C16H24N2O2/c1-3-11-18(12-13-7-6-10-17-13)16(19)14-8-4-5-9-15(14)20-2/h4-5,8-9,13,17H,3,6-7,10-12H2,1-2H3. The third-order valence-electron chi connectivity index (χ3n) is 3.72. The summed E-state index contributed by atoms with van der Waals surface area (Å²) >= 11 is 0. The van der Waals surface area contributed by atoms with E-state index in [0.717, 1.165) is 32.5 Å². The lowest BCUT2D eigenvalue weighted by Gasteiger charge is -2.26. The molecule has 1 aliphatic heterocycles. The number of rotatable bonds is 6. The van der Waals surface area contributed by atoms with Crippen LogP contribution in [-0.4, -0.2) is 43.6 Å². The van der Waals surface area contributed by atoms with Crippen molar-refractivity contribution in [1.82, 2.24) is 10.2 Å². The Hall–Kier alpha value is -1.55. The Labute approximate surface area is 121 Å². The molecule has 1 aliphatic rings. The predicted molar refractivity (Wildman–Crippen MR) is 80.2 cm³/mol. The van der Waals surface area contributed by atoms with E-state index >= 15 is 0 Å². The molecule has 0 radical (unpaired) electrons. The molecule has 1 saturated heterocycles. The Balaban J connectivity index is 2.12. The van der Waals surface area contributed by atoms with E-state index in [2.05, 4.69) is 12.2 Å². The van der Waals surface area contributed by atoms with Gasteiger partial charge in [-0.3, -0.25) is 4.79 Å². The number of nitrogens with zero attached hydrogens (tertiary/aromatic N) is 1. The second kappa shape index (κ2) is 7.29. The van der Waals surface area contributed by atoms with Gasteiger partial charge in [0.1, 0.15) is 5.75 Å². The highest BCUT2D eigenvalue weighted by Crippen LogP contribution is 2.20.